The number of rotatable bonds is 15. The van der Waals surface area contributed by atoms with E-state index >= 15 is 0 Å². The van der Waals surface area contributed by atoms with Gasteiger partial charge in [-0.25, -0.2) is 4.79 Å². The zero-order valence-corrected chi connectivity index (χ0v) is 21.6. The van der Waals surface area contributed by atoms with Gasteiger partial charge in [-0.1, -0.05) is 46.2 Å². The van der Waals surface area contributed by atoms with Crippen LogP contribution in [0.5, 0.6) is 5.75 Å². The molecular formula is C25H38N4O8. The minimum Gasteiger partial charge on any atom is -0.508 e. The van der Waals surface area contributed by atoms with Crippen LogP contribution < -0.4 is 21.7 Å². The van der Waals surface area contributed by atoms with Crippen molar-refractivity contribution in [2.45, 2.75) is 77.5 Å². The molecule has 1 aromatic carbocycles. The van der Waals surface area contributed by atoms with Crippen LogP contribution >= 0.6 is 0 Å². The Morgan fingerprint density at radius 1 is 0.865 bits per heavy atom. The van der Waals surface area contributed by atoms with Crippen LogP contribution in [0, 0.1) is 11.8 Å². The fourth-order valence-corrected chi connectivity index (χ4v) is 3.48. The maximum Gasteiger partial charge on any atom is 0.326 e. The molecule has 8 N–H and O–H groups in total. The molecule has 1 aromatic rings. The van der Waals surface area contributed by atoms with E-state index in [2.05, 4.69) is 16.0 Å². The van der Waals surface area contributed by atoms with Crippen LogP contribution in [0.1, 0.15) is 52.5 Å². The van der Waals surface area contributed by atoms with Gasteiger partial charge >= 0.3 is 11.9 Å². The summed E-state index contributed by atoms with van der Waals surface area (Å²) in [5.41, 5.74) is 6.33. The molecule has 0 aromatic heterocycles. The number of nitrogens with one attached hydrogen (secondary N) is 3. The van der Waals surface area contributed by atoms with Crippen molar-refractivity contribution in [2.24, 2.45) is 17.6 Å². The minimum absolute atomic E-state index is 0.0221. The fourth-order valence-electron chi connectivity index (χ4n) is 3.48. The summed E-state index contributed by atoms with van der Waals surface area (Å²) in [7, 11) is 0. The van der Waals surface area contributed by atoms with Gasteiger partial charge in [0.25, 0.3) is 0 Å². The number of hydrogen-bond acceptors (Lipinski definition) is 7. The van der Waals surface area contributed by atoms with Gasteiger partial charge in [-0.2, -0.15) is 0 Å². The van der Waals surface area contributed by atoms with E-state index in [1.807, 2.05) is 6.92 Å². The lowest BCUT2D eigenvalue weighted by molar-refractivity contribution is -0.142. The third-order valence-corrected chi connectivity index (χ3v) is 6.04. The van der Waals surface area contributed by atoms with Crippen LogP contribution in [0.3, 0.4) is 0 Å². The van der Waals surface area contributed by atoms with Crippen molar-refractivity contribution in [3.8, 4) is 5.75 Å². The first-order chi connectivity index (χ1) is 17.3. The van der Waals surface area contributed by atoms with Gasteiger partial charge in [0.05, 0.1) is 6.04 Å². The number of phenolic OH excluding ortho intramolecular Hbond substituents is 1. The Labute approximate surface area is 216 Å². The summed E-state index contributed by atoms with van der Waals surface area (Å²) in [4.78, 5) is 61.2. The Bertz CT molecular complexity index is 951. The van der Waals surface area contributed by atoms with E-state index in [0.29, 0.717) is 12.0 Å². The summed E-state index contributed by atoms with van der Waals surface area (Å²) in [6, 6.07) is 1.35. The molecule has 0 saturated heterocycles. The third kappa shape index (κ3) is 10.5. The highest BCUT2D eigenvalue weighted by Crippen LogP contribution is 2.14. The predicted octanol–water partition coefficient (Wildman–Crippen LogP) is 0.368. The first-order valence-electron chi connectivity index (χ1n) is 12.2. The van der Waals surface area contributed by atoms with E-state index in [4.69, 9.17) is 10.8 Å². The van der Waals surface area contributed by atoms with E-state index < -0.39 is 59.7 Å². The first kappa shape index (κ1) is 31.4. The predicted molar refractivity (Wildman–Crippen MR) is 134 cm³/mol. The van der Waals surface area contributed by atoms with E-state index in [1.165, 1.54) is 12.1 Å². The molecule has 12 heteroatoms. The fraction of sp³-hybridized carbons (Fsp3) is 0.560. The highest BCUT2D eigenvalue weighted by Gasteiger charge is 2.33. The summed E-state index contributed by atoms with van der Waals surface area (Å²) in [6.07, 6.45) is 0.0374. The number of benzene rings is 1. The second-order valence-electron chi connectivity index (χ2n) is 9.41. The van der Waals surface area contributed by atoms with Gasteiger partial charge < -0.3 is 37.0 Å². The zero-order chi connectivity index (χ0) is 28.3. The maximum atomic E-state index is 13.1. The third-order valence-electron chi connectivity index (χ3n) is 6.04. The Morgan fingerprint density at radius 3 is 1.89 bits per heavy atom. The molecule has 0 heterocycles. The monoisotopic (exact) mass is 522 g/mol. The average Bonchev–Trinajstić information content (AvgIpc) is 2.83. The molecule has 5 atom stereocenters. The molecule has 0 bridgehead atoms. The SMILES string of the molecule is CCC(C)C(NC(=O)C(NC(=O)C(N)CCC(=O)O)C(C)C)C(=O)NC(Cc1ccc(O)cc1)C(=O)O. The van der Waals surface area contributed by atoms with Crippen molar-refractivity contribution >= 4 is 29.7 Å². The molecule has 5 unspecified atom stereocenters. The number of aliphatic carboxylic acids is 2. The number of carboxylic acid groups (broad SMARTS) is 2. The van der Waals surface area contributed by atoms with Gasteiger partial charge in [-0.05, 0) is 36.0 Å². The van der Waals surface area contributed by atoms with Crippen molar-refractivity contribution in [3.05, 3.63) is 29.8 Å². The number of nitrogens with two attached hydrogens (primary N) is 1. The zero-order valence-electron chi connectivity index (χ0n) is 21.6. The van der Waals surface area contributed by atoms with Crippen LogP contribution in [-0.2, 0) is 30.4 Å². The van der Waals surface area contributed by atoms with Gasteiger partial charge in [-0.15, -0.1) is 0 Å². The molecule has 0 aliphatic rings. The number of carbonyl (C=O) groups is 5. The molecule has 0 spiro atoms. The van der Waals surface area contributed by atoms with Crippen molar-refractivity contribution in [1.29, 1.82) is 0 Å². The Balaban J connectivity index is 2.99. The summed E-state index contributed by atoms with van der Waals surface area (Å²) in [6.45, 7) is 6.91. The molecule has 37 heavy (non-hydrogen) atoms. The van der Waals surface area contributed by atoms with E-state index in [9.17, 15) is 34.2 Å². The van der Waals surface area contributed by atoms with Crippen molar-refractivity contribution in [2.75, 3.05) is 0 Å². The van der Waals surface area contributed by atoms with Crippen molar-refractivity contribution in [3.63, 3.8) is 0 Å². The van der Waals surface area contributed by atoms with E-state index in [1.54, 1.807) is 32.9 Å². The standard InChI is InChI=1S/C25H38N4O8/c1-5-14(4)21(24(35)27-18(25(36)37)12-15-6-8-16(30)9-7-15)29-23(34)20(13(2)3)28-22(33)17(26)10-11-19(31)32/h6-9,13-14,17-18,20-21,30H,5,10-12,26H2,1-4H3,(H,27,35)(H,28,33)(H,29,34)(H,31,32)(H,36,37). The lowest BCUT2D eigenvalue weighted by atomic mass is 9.95. The number of hydrogen-bond donors (Lipinski definition) is 7. The molecule has 0 aliphatic carbocycles. The van der Waals surface area contributed by atoms with Crippen LogP contribution in [-0.4, -0.2) is 69.1 Å². The summed E-state index contributed by atoms with van der Waals surface area (Å²) >= 11 is 0. The van der Waals surface area contributed by atoms with Gasteiger partial charge in [0.15, 0.2) is 0 Å². The molecule has 3 amide bonds. The number of phenols is 1. The highest BCUT2D eigenvalue weighted by atomic mass is 16.4. The summed E-state index contributed by atoms with van der Waals surface area (Å²) in [5, 5.41) is 35.5. The highest BCUT2D eigenvalue weighted by molar-refractivity contribution is 5.94. The molecular weight excluding hydrogens is 484 g/mol. The lowest BCUT2D eigenvalue weighted by Gasteiger charge is -2.29. The molecule has 0 saturated carbocycles. The van der Waals surface area contributed by atoms with E-state index in [0.717, 1.165) is 0 Å². The smallest absolute Gasteiger partial charge is 0.326 e. The quantitative estimate of drug-likeness (QED) is 0.169. The number of carboxylic acids is 2. The second-order valence-corrected chi connectivity index (χ2v) is 9.41. The van der Waals surface area contributed by atoms with Crippen LogP contribution in [0.4, 0.5) is 0 Å². The molecule has 0 fully saturated rings. The molecule has 1 rings (SSSR count). The summed E-state index contributed by atoms with van der Waals surface area (Å²) < 4.78 is 0. The molecule has 206 valence electrons. The number of aromatic hydroxyl groups is 1. The topological polar surface area (TPSA) is 208 Å². The first-order valence-corrected chi connectivity index (χ1v) is 12.2. The van der Waals surface area contributed by atoms with Gasteiger partial charge in [-0.3, -0.25) is 19.2 Å². The second kappa shape index (κ2) is 14.8. The van der Waals surface area contributed by atoms with E-state index in [-0.39, 0.29) is 30.9 Å². The van der Waals surface area contributed by atoms with Gasteiger partial charge in [0.2, 0.25) is 17.7 Å². The normalized spacial score (nSPS) is 15.1. The Kier molecular flexibility index (Phi) is 12.5. The minimum atomic E-state index is -1.28. The van der Waals surface area contributed by atoms with Crippen molar-refractivity contribution in [1.82, 2.24) is 16.0 Å². The van der Waals surface area contributed by atoms with Crippen LogP contribution in [0.2, 0.25) is 0 Å². The molecule has 0 radical (unpaired) electrons. The van der Waals surface area contributed by atoms with Crippen molar-refractivity contribution < 1.29 is 39.3 Å². The molecule has 0 aliphatic heterocycles. The number of amides is 3. The maximum absolute atomic E-state index is 13.1. The largest absolute Gasteiger partial charge is 0.508 e. The Hall–Kier alpha value is -3.67. The molecule has 12 nitrogen and oxygen atoms in total. The van der Waals surface area contributed by atoms with Crippen LogP contribution in [0.25, 0.3) is 0 Å². The Morgan fingerprint density at radius 2 is 1.41 bits per heavy atom. The number of carbonyl (C=O) groups excluding carboxylic acids is 3. The van der Waals surface area contributed by atoms with Crippen LogP contribution in [0.15, 0.2) is 24.3 Å². The average molecular weight is 523 g/mol. The summed E-state index contributed by atoms with van der Waals surface area (Å²) in [5.74, 6) is -5.15. The lowest BCUT2D eigenvalue weighted by Crippen LogP contribution is -2.60. The van der Waals surface area contributed by atoms with Gasteiger partial charge in [0, 0.05) is 12.8 Å². The van der Waals surface area contributed by atoms with Gasteiger partial charge in [0.1, 0.15) is 23.9 Å².